The van der Waals surface area contributed by atoms with Crippen molar-refractivity contribution in [1.29, 1.82) is 0 Å². The number of hydrogen-bond acceptors (Lipinski definition) is 4. The minimum atomic E-state index is -4.73. The van der Waals surface area contributed by atoms with Crippen molar-refractivity contribution in [3.63, 3.8) is 0 Å². The van der Waals surface area contributed by atoms with Crippen molar-refractivity contribution in [1.82, 2.24) is 4.98 Å². The third kappa shape index (κ3) is 3.06. The molecular formula is C13H15F3N2O2S. The maximum absolute atomic E-state index is 13.0. The second-order valence-electron chi connectivity index (χ2n) is 5.16. The second-order valence-corrected chi connectivity index (χ2v) is 6.17. The first-order valence-electron chi connectivity index (χ1n) is 6.29. The Bertz CT molecular complexity index is 693. The summed E-state index contributed by atoms with van der Waals surface area (Å²) in [5.41, 5.74) is -1.86. The summed E-state index contributed by atoms with van der Waals surface area (Å²) in [6, 6.07) is 4.76. The molecule has 0 saturated carbocycles. The molecule has 0 aliphatic carbocycles. The molecule has 3 N–H and O–H groups in total. The Morgan fingerprint density at radius 1 is 1.38 bits per heavy atom. The van der Waals surface area contributed by atoms with Gasteiger partial charge in [-0.15, -0.1) is 0 Å². The van der Waals surface area contributed by atoms with Crippen LogP contribution in [0.4, 0.5) is 18.9 Å². The van der Waals surface area contributed by atoms with E-state index in [-0.39, 0.29) is 4.87 Å². The van der Waals surface area contributed by atoms with Gasteiger partial charge < -0.3 is 15.4 Å². The topological polar surface area (TPSA) is 65.1 Å². The molecule has 2 aromatic rings. The number of fused-ring (bicyclic) bond motifs is 1. The van der Waals surface area contributed by atoms with Crippen molar-refractivity contribution in [3.8, 4) is 0 Å². The van der Waals surface area contributed by atoms with Crippen molar-refractivity contribution in [3.05, 3.63) is 27.9 Å². The van der Waals surface area contributed by atoms with Gasteiger partial charge in [0.2, 0.25) is 0 Å². The van der Waals surface area contributed by atoms with Gasteiger partial charge in [-0.05, 0) is 24.1 Å². The summed E-state index contributed by atoms with van der Waals surface area (Å²) in [6.45, 7) is 1.97. The molecule has 0 radical (unpaired) electrons. The van der Waals surface area contributed by atoms with Crippen LogP contribution in [-0.2, 0) is 0 Å². The van der Waals surface area contributed by atoms with E-state index in [2.05, 4.69) is 10.3 Å². The highest BCUT2D eigenvalue weighted by atomic mass is 32.1. The quantitative estimate of drug-likeness (QED) is 0.811. The SMILES string of the molecule is CC(C)C(O)(CNc1ccc2sc(=O)[nH]c2c1)C(F)(F)F. The highest BCUT2D eigenvalue weighted by Crippen LogP contribution is 2.36. The summed E-state index contributed by atoms with van der Waals surface area (Å²) in [5, 5.41) is 12.4. The third-order valence-corrected chi connectivity index (χ3v) is 4.29. The fraction of sp³-hybridized carbons (Fsp3) is 0.462. The smallest absolute Gasteiger partial charge is 0.382 e. The molecule has 1 aromatic heterocycles. The van der Waals surface area contributed by atoms with Crippen molar-refractivity contribution >= 4 is 27.2 Å². The first-order valence-corrected chi connectivity index (χ1v) is 7.11. The molecule has 21 heavy (non-hydrogen) atoms. The van der Waals surface area contributed by atoms with Crippen molar-refractivity contribution < 1.29 is 18.3 Å². The molecule has 1 unspecified atom stereocenters. The number of anilines is 1. The molecule has 0 saturated heterocycles. The Kier molecular flexibility index (Phi) is 4.03. The van der Waals surface area contributed by atoms with Gasteiger partial charge in [0.25, 0.3) is 0 Å². The predicted octanol–water partition coefficient (Wildman–Crippen LogP) is 2.95. The van der Waals surface area contributed by atoms with Gasteiger partial charge in [-0.3, -0.25) is 4.79 Å². The Morgan fingerprint density at radius 3 is 2.62 bits per heavy atom. The van der Waals surface area contributed by atoms with Gasteiger partial charge in [0.15, 0.2) is 5.60 Å². The molecule has 1 heterocycles. The van der Waals surface area contributed by atoms with Crippen molar-refractivity contribution in [2.45, 2.75) is 25.6 Å². The zero-order chi connectivity index (χ0) is 15.8. The van der Waals surface area contributed by atoms with Crippen LogP contribution in [0, 0.1) is 5.92 Å². The average molecular weight is 320 g/mol. The molecule has 1 atom stereocenters. The second kappa shape index (κ2) is 5.34. The van der Waals surface area contributed by atoms with Crippen molar-refractivity contribution in [2.75, 3.05) is 11.9 Å². The number of alkyl halides is 3. The number of halogens is 3. The number of hydrogen-bond donors (Lipinski definition) is 3. The summed E-state index contributed by atoms with van der Waals surface area (Å²) in [4.78, 5) is 13.6. The molecule has 0 spiro atoms. The van der Waals surface area contributed by atoms with E-state index in [1.54, 1.807) is 18.2 Å². The lowest BCUT2D eigenvalue weighted by atomic mass is 9.89. The molecule has 0 aliphatic rings. The molecular weight excluding hydrogens is 305 g/mol. The van der Waals surface area contributed by atoms with Gasteiger partial charge in [0.1, 0.15) is 0 Å². The summed E-state index contributed by atoms with van der Waals surface area (Å²) in [6.07, 6.45) is -4.73. The normalized spacial score (nSPS) is 15.4. The highest BCUT2D eigenvalue weighted by Gasteiger charge is 2.55. The van der Waals surface area contributed by atoms with E-state index in [9.17, 15) is 23.1 Å². The van der Waals surface area contributed by atoms with E-state index >= 15 is 0 Å². The van der Waals surface area contributed by atoms with E-state index in [1.807, 2.05) is 0 Å². The van der Waals surface area contributed by atoms with E-state index in [1.165, 1.54) is 13.8 Å². The van der Waals surface area contributed by atoms with Gasteiger partial charge in [-0.25, -0.2) is 0 Å². The third-order valence-electron chi connectivity index (χ3n) is 3.43. The number of thiazole rings is 1. The number of benzene rings is 1. The van der Waals surface area contributed by atoms with Crippen LogP contribution in [0.3, 0.4) is 0 Å². The number of nitrogens with one attached hydrogen (secondary N) is 2. The fourth-order valence-electron chi connectivity index (χ4n) is 1.93. The first kappa shape index (κ1) is 15.8. The number of aromatic amines is 1. The van der Waals surface area contributed by atoms with Crippen LogP contribution in [-0.4, -0.2) is 28.4 Å². The average Bonchev–Trinajstić information content (AvgIpc) is 2.73. The summed E-state index contributed by atoms with van der Waals surface area (Å²) >= 11 is 1.03. The number of aliphatic hydroxyl groups is 1. The fourth-order valence-corrected chi connectivity index (χ4v) is 2.65. The summed E-state index contributed by atoms with van der Waals surface area (Å²) < 4.78 is 39.7. The number of rotatable bonds is 4. The largest absolute Gasteiger partial charge is 0.419 e. The Labute approximate surface area is 122 Å². The van der Waals surface area contributed by atoms with E-state index in [0.29, 0.717) is 11.2 Å². The van der Waals surface area contributed by atoms with Crippen LogP contribution in [0.1, 0.15) is 13.8 Å². The van der Waals surface area contributed by atoms with Crippen LogP contribution in [0.25, 0.3) is 10.2 Å². The molecule has 0 bridgehead atoms. The summed E-state index contributed by atoms with van der Waals surface area (Å²) in [5.74, 6) is -0.991. The zero-order valence-electron chi connectivity index (χ0n) is 11.4. The highest BCUT2D eigenvalue weighted by molar-refractivity contribution is 7.16. The van der Waals surface area contributed by atoms with Crippen LogP contribution in [0.2, 0.25) is 0 Å². The van der Waals surface area contributed by atoms with Crippen LogP contribution >= 0.6 is 11.3 Å². The lowest BCUT2D eigenvalue weighted by Gasteiger charge is -2.34. The van der Waals surface area contributed by atoms with Crippen molar-refractivity contribution in [2.24, 2.45) is 5.92 Å². The molecule has 1 aromatic carbocycles. The summed E-state index contributed by atoms with van der Waals surface area (Å²) in [7, 11) is 0. The number of aromatic nitrogens is 1. The molecule has 8 heteroatoms. The van der Waals surface area contributed by atoms with Gasteiger partial charge in [-0.1, -0.05) is 25.2 Å². The minimum Gasteiger partial charge on any atom is -0.382 e. The van der Waals surface area contributed by atoms with Gasteiger partial charge in [0, 0.05) is 5.69 Å². The maximum atomic E-state index is 13.0. The molecule has 2 rings (SSSR count). The monoisotopic (exact) mass is 320 g/mol. The Balaban J connectivity index is 2.21. The molecule has 4 nitrogen and oxygen atoms in total. The van der Waals surface area contributed by atoms with Gasteiger partial charge >= 0.3 is 11.0 Å². The zero-order valence-corrected chi connectivity index (χ0v) is 12.2. The first-order chi connectivity index (χ1) is 9.63. The van der Waals surface area contributed by atoms with Gasteiger partial charge in [0.05, 0.1) is 16.8 Å². The maximum Gasteiger partial charge on any atom is 0.419 e. The Morgan fingerprint density at radius 2 is 2.05 bits per heavy atom. The number of H-pyrrole nitrogens is 1. The predicted molar refractivity (Wildman–Crippen MR) is 76.8 cm³/mol. The molecule has 0 aliphatic heterocycles. The van der Waals surface area contributed by atoms with Crippen LogP contribution in [0.5, 0.6) is 0 Å². The van der Waals surface area contributed by atoms with E-state index in [4.69, 9.17) is 0 Å². The van der Waals surface area contributed by atoms with E-state index in [0.717, 1.165) is 16.0 Å². The molecule has 0 fully saturated rings. The van der Waals surface area contributed by atoms with Crippen LogP contribution in [0.15, 0.2) is 23.0 Å². The molecule has 0 amide bonds. The van der Waals surface area contributed by atoms with E-state index < -0.39 is 24.2 Å². The standard InChI is InChI=1S/C13H15F3N2O2S/c1-7(2)12(20,13(14,15)16)6-17-8-3-4-10-9(5-8)18-11(19)21-10/h3-5,7,17,20H,6H2,1-2H3,(H,18,19). The minimum absolute atomic E-state index is 0.226. The van der Waals surface area contributed by atoms with Crippen LogP contribution < -0.4 is 10.2 Å². The van der Waals surface area contributed by atoms with Gasteiger partial charge in [-0.2, -0.15) is 13.2 Å². The molecule has 116 valence electrons. The lowest BCUT2D eigenvalue weighted by molar-refractivity contribution is -0.269. The lowest BCUT2D eigenvalue weighted by Crippen LogP contribution is -2.54. The Hall–Kier alpha value is -1.54.